The number of alkyl halides is 2. The van der Waals surface area contributed by atoms with Crippen molar-refractivity contribution >= 4 is 5.97 Å². The Kier molecular flexibility index (Phi) is 4.41. The van der Waals surface area contributed by atoms with E-state index in [1.165, 1.54) is 11.1 Å². The zero-order chi connectivity index (χ0) is 14.8. The summed E-state index contributed by atoms with van der Waals surface area (Å²) in [5.74, 6) is -4.36. The molecule has 1 aliphatic carbocycles. The second-order valence-electron chi connectivity index (χ2n) is 5.68. The first-order valence-electron chi connectivity index (χ1n) is 7.01. The van der Waals surface area contributed by atoms with E-state index in [0.29, 0.717) is 25.7 Å². The maximum absolute atomic E-state index is 12.8. The van der Waals surface area contributed by atoms with Crippen molar-refractivity contribution in [1.82, 2.24) is 0 Å². The molecule has 20 heavy (non-hydrogen) atoms. The zero-order valence-corrected chi connectivity index (χ0v) is 11.9. The Bertz CT molecular complexity index is 454. The van der Waals surface area contributed by atoms with Crippen molar-refractivity contribution in [1.29, 1.82) is 0 Å². The zero-order valence-electron chi connectivity index (χ0n) is 11.9. The number of hydrogen-bond acceptors (Lipinski definition) is 2. The van der Waals surface area contributed by atoms with Gasteiger partial charge >= 0.3 is 11.9 Å². The van der Waals surface area contributed by atoms with Gasteiger partial charge in [0.05, 0.1) is 0 Å². The molecule has 4 heteroatoms. The summed E-state index contributed by atoms with van der Waals surface area (Å²) in [6, 6.07) is 8.40. The normalized spacial score (nSPS) is 23.4. The molecule has 0 aromatic heterocycles. The highest BCUT2D eigenvalue weighted by molar-refractivity contribution is 5.77. The van der Waals surface area contributed by atoms with Gasteiger partial charge in [-0.3, -0.25) is 0 Å². The lowest BCUT2D eigenvalue weighted by atomic mass is 9.82. The first kappa shape index (κ1) is 14.9. The molecule has 0 N–H and O–H groups in total. The Hall–Kier alpha value is -1.45. The van der Waals surface area contributed by atoms with Crippen molar-refractivity contribution in [2.75, 3.05) is 0 Å². The minimum atomic E-state index is -3.40. The van der Waals surface area contributed by atoms with Gasteiger partial charge in [-0.1, -0.05) is 29.8 Å². The highest BCUT2D eigenvalue weighted by atomic mass is 19.3. The second kappa shape index (κ2) is 5.90. The van der Waals surface area contributed by atoms with E-state index in [4.69, 9.17) is 4.74 Å². The number of halogens is 2. The van der Waals surface area contributed by atoms with Crippen LogP contribution < -0.4 is 0 Å². The summed E-state index contributed by atoms with van der Waals surface area (Å²) < 4.78 is 30.4. The van der Waals surface area contributed by atoms with Crippen molar-refractivity contribution in [2.45, 2.75) is 57.5 Å². The minimum Gasteiger partial charge on any atom is -0.458 e. The van der Waals surface area contributed by atoms with Gasteiger partial charge in [0.2, 0.25) is 0 Å². The molecule has 110 valence electrons. The third-order valence-electron chi connectivity index (χ3n) is 3.86. The molecule has 1 aromatic carbocycles. The van der Waals surface area contributed by atoms with E-state index in [9.17, 15) is 13.6 Å². The van der Waals surface area contributed by atoms with E-state index < -0.39 is 11.9 Å². The Balaban J connectivity index is 1.86. The molecule has 0 aliphatic heterocycles. The number of benzene rings is 1. The number of ether oxygens (including phenoxy) is 1. The van der Waals surface area contributed by atoms with Crippen LogP contribution in [0.3, 0.4) is 0 Å². The molecule has 1 aromatic rings. The van der Waals surface area contributed by atoms with Gasteiger partial charge in [0.25, 0.3) is 0 Å². The summed E-state index contributed by atoms with van der Waals surface area (Å²) in [5.41, 5.74) is 2.50. The van der Waals surface area contributed by atoms with Gasteiger partial charge < -0.3 is 4.74 Å². The first-order chi connectivity index (χ1) is 9.36. The van der Waals surface area contributed by atoms with E-state index in [-0.39, 0.29) is 6.10 Å². The fourth-order valence-corrected chi connectivity index (χ4v) is 2.61. The first-order valence-corrected chi connectivity index (χ1v) is 7.01. The highest BCUT2D eigenvalue weighted by Gasteiger charge is 2.37. The molecule has 0 saturated heterocycles. The number of hydrogen-bond donors (Lipinski definition) is 0. The molecule has 2 rings (SSSR count). The van der Waals surface area contributed by atoms with Crippen molar-refractivity contribution < 1.29 is 18.3 Å². The van der Waals surface area contributed by atoms with Crippen molar-refractivity contribution in [3.63, 3.8) is 0 Å². The Morgan fingerprint density at radius 2 is 1.70 bits per heavy atom. The molecule has 0 unspecified atom stereocenters. The van der Waals surface area contributed by atoms with Crippen molar-refractivity contribution in [3.8, 4) is 0 Å². The average molecular weight is 282 g/mol. The summed E-state index contributed by atoms with van der Waals surface area (Å²) in [4.78, 5) is 11.1. The van der Waals surface area contributed by atoms with E-state index >= 15 is 0 Å². The number of carbonyl (C=O) groups excluding carboxylic acids is 1. The molecule has 1 saturated carbocycles. The molecule has 0 amide bonds. The molecule has 0 heterocycles. The predicted molar refractivity (Wildman–Crippen MR) is 72.9 cm³/mol. The van der Waals surface area contributed by atoms with Gasteiger partial charge in [0, 0.05) is 6.92 Å². The third kappa shape index (κ3) is 3.78. The molecule has 2 nitrogen and oxygen atoms in total. The number of aryl methyl sites for hydroxylation is 1. The number of esters is 1. The topological polar surface area (TPSA) is 26.3 Å². The van der Waals surface area contributed by atoms with Crippen LogP contribution in [0.4, 0.5) is 8.78 Å². The second-order valence-corrected chi connectivity index (χ2v) is 5.68. The third-order valence-corrected chi connectivity index (χ3v) is 3.86. The molecule has 0 radical (unpaired) electrons. The van der Waals surface area contributed by atoms with Gasteiger partial charge in [0.1, 0.15) is 6.10 Å². The maximum atomic E-state index is 12.8. The Morgan fingerprint density at radius 3 is 2.20 bits per heavy atom. The van der Waals surface area contributed by atoms with Gasteiger partial charge in [-0.15, -0.1) is 0 Å². The summed E-state index contributed by atoms with van der Waals surface area (Å²) in [6.45, 7) is 2.62. The van der Waals surface area contributed by atoms with E-state index in [1.54, 1.807) is 0 Å². The fraction of sp³-hybridized carbons (Fsp3) is 0.562. The van der Waals surface area contributed by atoms with E-state index in [1.807, 2.05) is 6.92 Å². The predicted octanol–water partition coefficient (Wildman–Crippen LogP) is 4.22. The van der Waals surface area contributed by atoms with Gasteiger partial charge in [0.15, 0.2) is 0 Å². The van der Waals surface area contributed by atoms with Crippen LogP contribution in [-0.4, -0.2) is 18.0 Å². The molecule has 0 atom stereocenters. The standard InChI is InChI=1S/C16H20F2O2/c1-11-3-5-12(6-4-11)13-7-9-14(10-8-13)20-15(19)16(2,17)18/h3-6,13-14H,7-10H2,1-2H3. The summed E-state index contributed by atoms with van der Waals surface area (Å²) in [7, 11) is 0. The van der Waals surface area contributed by atoms with Crippen LogP contribution in [0.15, 0.2) is 24.3 Å². The van der Waals surface area contributed by atoms with Crippen LogP contribution in [0.5, 0.6) is 0 Å². The lowest BCUT2D eigenvalue weighted by Crippen LogP contribution is -2.32. The van der Waals surface area contributed by atoms with E-state index in [2.05, 4.69) is 24.3 Å². The van der Waals surface area contributed by atoms with Crippen LogP contribution >= 0.6 is 0 Å². The van der Waals surface area contributed by atoms with E-state index in [0.717, 1.165) is 12.8 Å². The van der Waals surface area contributed by atoms with Crippen molar-refractivity contribution in [2.24, 2.45) is 0 Å². The van der Waals surface area contributed by atoms with Gasteiger partial charge in [-0.2, -0.15) is 8.78 Å². The van der Waals surface area contributed by atoms with Crippen molar-refractivity contribution in [3.05, 3.63) is 35.4 Å². The molecule has 1 aliphatic rings. The van der Waals surface area contributed by atoms with Crippen LogP contribution in [0.1, 0.15) is 49.7 Å². The highest BCUT2D eigenvalue weighted by Crippen LogP contribution is 2.34. The monoisotopic (exact) mass is 282 g/mol. The summed E-state index contributed by atoms with van der Waals surface area (Å²) in [5, 5.41) is 0. The molecular weight excluding hydrogens is 262 g/mol. The lowest BCUT2D eigenvalue weighted by Gasteiger charge is -2.29. The average Bonchev–Trinajstić information content (AvgIpc) is 2.39. The SMILES string of the molecule is Cc1ccc(C2CCC(OC(=O)C(C)(F)F)CC2)cc1. The lowest BCUT2D eigenvalue weighted by molar-refractivity contribution is -0.176. The summed E-state index contributed by atoms with van der Waals surface area (Å²) >= 11 is 0. The van der Waals surface area contributed by atoms with Crippen LogP contribution in [0.25, 0.3) is 0 Å². The van der Waals surface area contributed by atoms with Gasteiger partial charge in [-0.25, -0.2) is 4.79 Å². The Labute approximate surface area is 118 Å². The largest absolute Gasteiger partial charge is 0.458 e. The molecule has 1 fully saturated rings. The molecular formula is C16H20F2O2. The quantitative estimate of drug-likeness (QED) is 0.776. The van der Waals surface area contributed by atoms with Gasteiger partial charge in [-0.05, 0) is 44.1 Å². The van der Waals surface area contributed by atoms with Crippen LogP contribution in [0, 0.1) is 6.92 Å². The van der Waals surface area contributed by atoms with Crippen LogP contribution in [-0.2, 0) is 9.53 Å². The number of rotatable bonds is 3. The molecule has 0 bridgehead atoms. The maximum Gasteiger partial charge on any atom is 0.376 e. The smallest absolute Gasteiger partial charge is 0.376 e. The van der Waals surface area contributed by atoms with Crippen LogP contribution in [0.2, 0.25) is 0 Å². The summed E-state index contributed by atoms with van der Waals surface area (Å²) in [6.07, 6.45) is 2.68. The number of carbonyl (C=O) groups is 1. The minimum absolute atomic E-state index is 0.366. The fourth-order valence-electron chi connectivity index (χ4n) is 2.61. The Morgan fingerprint density at radius 1 is 1.15 bits per heavy atom. The molecule has 0 spiro atoms.